The molecule has 1 saturated carbocycles. The van der Waals surface area contributed by atoms with E-state index in [1.54, 1.807) is 0 Å². The number of hydrogen-bond donors (Lipinski definition) is 1. The van der Waals surface area contributed by atoms with E-state index in [1.807, 2.05) is 6.07 Å². The fraction of sp³-hybridized carbons (Fsp3) is 0.650. The number of piperidine rings is 1. The molecule has 3 nitrogen and oxygen atoms in total. The van der Waals surface area contributed by atoms with Gasteiger partial charge in [0.15, 0.2) is 0 Å². The van der Waals surface area contributed by atoms with Crippen LogP contribution >= 0.6 is 0 Å². The smallest absolute Gasteiger partial charge is 0.248 e. The van der Waals surface area contributed by atoms with Crippen LogP contribution in [-0.4, -0.2) is 29.4 Å². The number of primary amides is 1. The van der Waals surface area contributed by atoms with Crippen LogP contribution in [-0.2, 0) is 11.8 Å². The van der Waals surface area contributed by atoms with Crippen molar-refractivity contribution in [2.24, 2.45) is 17.6 Å². The van der Waals surface area contributed by atoms with E-state index < -0.39 is 0 Å². The molecule has 0 aromatic heterocycles. The molecule has 1 unspecified atom stereocenters. The van der Waals surface area contributed by atoms with Gasteiger partial charge in [-0.1, -0.05) is 19.9 Å². The van der Waals surface area contributed by atoms with E-state index in [1.165, 1.54) is 36.9 Å². The Labute approximate surface area is 139 Å². The SMILES string of the molecule is C[C@H](C1CC1)N1CC[C@]2(C)c3cc(C(N)=O)ccc3CC1[C@@H]2C. The number of hydrogen-bond acceptors (Lipinski definition) is 2. The number of benzene rings is 1. The highest BCUT2D eigenvalue weighted by molar-refractivity contribution is 5.93. The molecule has 1 aromatic rings. The molecule has 0 radical (unpaired) electrons. The minimum Gasteiger partial charge on any atom is -0.366 e. The van der Waals surface area contributed by atoms with Gasteiger partial charge in [-0.15, -0.1) is 0 Å². The summed E-state index contributed by atoms with van der Waals surface area (Å²) < 4.78 is 0. The molecule has 4 rings (SSSR count). The minimum atomic E-state index is -0.314. The van der Waals surface area contributed by atoms with Crippen molar-refractivity contribution in [1.29, 1.82) is 0 Å². The Morgan fingerprint density at radius 2 is 2.13 bits per heavy atom. The summed E-state index contributed by atoms with van der Waals surface area (Å²) in [4.78, 5) is 14.4. The van der Waals surface area contributed by atoms with Gasteiger partial charge in [-0.25, -0.2) is 0 Å². The normalized spacial score (nSPS) is 34.7. The van der Waals surface area contributed by atoms with Crippen molar-refractivity contribution in [3.8, 4) is 0 Å². The molecule has 4 atom stereocenters. The van der Waals surface area contributed by atoms with Gasteiger partial charge in [-0.3, -0.25) is 9.69 Å². The zero-order valence-electron chi connectivity index (χ0n) is 14.5. The average Bonchev–Trinajstić information content (AvgIpc) is 3.34. The molecule has 2 fully saturated rings. The second kappa shape index (κ2) is 5.07. The van der Waals surface area contributed by atoms with E-state index in [-0.39, 0.29) is 11.3 Å². The fourth-order valence-corrected chi connectivity index (χ4v) is 5.16. The Morgan fingerprint density at radius 3 is 2.78 bits per heavy atom. The fourth-order valence-electron chi connectivity index (χ4n) is 5.16. The molecule has 1 aromatic carbocycles. The van der Waals surface area contributed by atoms with E-state index in [9.17, 15) is 4.79 Å². The van der Waals surface area contributed by atoms with Crippen LogP contribution in [0.15, 0.2) is 18.2 Å². The summed E-state index contributed by atoms with van der Waals surface area (Å²) in [6.07, 6.45) is 5.11. The Kier molecular flexibility index (Phi) is 3.35. The molecule has 1 aliphatic heterocycles. The summed E-state index contributed by atoms with van der Waals surface area (Å²) in [6, 6.07) is 7.49. The minimum absolute atomic E-state index is 0.170. The molecule has 1 amide bonds. The second-order valence-corrected chi connectivity index (χ2v) is 8.28. The molecule has 2 N–H and O–H groups in total. The average molecular weight is 312 g/mol. The van der Waals surface area contributed by atoms with E-state index in [4.69, 9.17) is 5.73 Å². The molecule has 1 saturated heterocycles. The molecular weight excluding hydrogens is 284 g/mol. The van der Waals surface area contributed by atoms with Crippen molar-refractivity contribution < 1.29 is 4.79 Å². The first kappa shape index (κ1) is 15.2. The van der Waals surface area contributed by atoms with Crippen LogP contribution in [0.5, 0.6) is 0 Å². The first-order chi connectivity index (χ1) is 10.9. The molecule has 2 aliphatic carbocycles. The van der Waals surface area contributed by atoms with Crippen molar-refractivity contribution >= 4 is 5.91 Å². The van der Waals surface area contributed by atoms with Crippen LogP contribution in [0, 0.1) is 11.8 Å². The van der Waals surface area contributed by atoms with E-state index in [0.29, 0.717) is 17.5 Å². The summed E-state index contributed by atoms with van der Waals surface area (Å²) in [5, 5.41) is 0. The van der Waals surface area contributed by atoms with Gasteiger partial charge >= 0.3 is 0 Å². The molecule has 124 valence electrons. The maximum Gasteiger partial charge on any atom is 0.248 e. The summed E-state index contributed by atoms with van der Waals surface area (Å²) in [7, 11) is 0. The molecular formula is C20H28N2O. The van der Waals surface area contributed by atoms with Crippen LogP contribution in [0.3, 0.4) is 0 Å². The monoisotopic (exact) mass is 312 g/mol. The summed E-state index contributed by atoms with van der Waals surface area (Å²) in [5.41, 5.74) is 9.13. The van der Waals surface area contributed by atoms with Crippen LogP contribution < -0.4 is 5.73 Å². The number of nitrogens with two attached hydrogens (primary N) is 1. The van der Waals surface area contributed by atoms with E-state index >= 15 is 0 Å². The zero-order valence-corrected chi connectivity index (χ0v) is 14.5. The molecule has 2 bridgehead atoms. The number of amides is 1. The number of likely N-dealkylation sites (tertiary alicyclic amines) is 1. The van der Waals surface area contributed by atoms with Crippen LogP contribution in [0.4, 0.5) is 0 Å². The Morgan fingerprint density at radius 1 is 1.39 bits per heavy atom. The number of carbonyl (C=O) groups excluding carboxylic acids is 1. The molecule has 23 heavy (non-hydrogen) atoms. The van der Waals surface area contributed by atoms with Crippen LogP contribution in [0.2, 0.25) is 0 Å². The van der Waals surface area contributed by atoms with Gasteiger partial charge in [0.05, 0.1) is 0 Å². The summed E-state index contributed by atoms with van der Waals surface area (Å²) >= 11 is 0. The molecule has 0 spiro atoms. The van der Waals surface area contributed by atoms with Crippen molar-refractivity contribution in [2.45, 2.75) is 64.0 Å². The number of carbonyl (C=O) groups is 1. The Hall–Kier alpha value is -1.35. The van der Waals surface area contributed by atoms with Crippen LogP contribution in [0.25, 0.3) is 0 Å². The summed E-state index contributed by atoms with van der Waals surface area (Å²) in [6.45, 7) is 8.42. The van der Waals surface area contributed by atoms with E-state index in [2.05, 4.69) is 37.8 Å². The largest absolute Gasteiger partial charge is 0.366 e. The standard InChI is InChI=1S/C20H28N2O/c1-12-18-11-15-6-7-16(19(21)23)10-17(15)20(12,3)8-9-22(18)13(2)14-4-5-14/h6-7,10,12-14,18H,4-5,8-9,11H2,1-3H3,(H2,21,23)/t12-,13+,18?,20-/m0/s1. The van der Waals surface area contributed by atoms with Gasteiger partial charge in [-0.05, 0) is 79.7 Å². The third-order valence-electron chi connectivity index (χ3n) is 7.16. The first-order valence-electron chi connectivity index (χ1n) is 9.11. The predicted molar refractivity (Wildman–Crippen MR) is 92.5 cm³/mol. The quantitative estimate of drug-likeness (QED) is 0.932. The Bertz CT molecular complexity index is 651. The molecule has 1 heterocycles. The lowest BCUT2D eigenvalue weighted by Crippen LogP contribution is -2.60. The van der Waals surface area contributed by atoms with Gasteiger partial charge in [0.2, 0.25) is 5.91 Å². The molecule has 3 aliphatic rings. The molecule has 3 heteroatoms. The predicted octanol–water partition coefficient (Wildman–Crippen LogP) is 3.11. The lowest BCUT2D eigenvalue weighted by atomic mass is 9.58. The highest BCUT2D eigenvalue weighted by atomic mass is 16.1. The topological polar surface area (TPSA) is 46.3 Å². The second-order valence-electron chi connectivity index (χ2n) is 8.28. The third-order valence-corrected chi connectivity index (χ3v) is 7.16. The lowest BCUT2D eigenvalue weighted by molar-refractivity contribution is 0.000499. The maximum atomic E-state index is 11.6. The number of nitrogens with zero attached hydrogens (tertiary/aromatic N) is 1. The first-order valence-corrected chi connectivity index (χ1v) is 9.11. The number of rotatable bonds is 3. The van der Waals surface area contributed by atoms with Gasteiger partial charge in [-0.2, -0.15) is 0 Å². The Balaban J connectivity index is 1.73. The van der Waals surface area contributed by atoms with Gasteiger partial charge < -0.3 is 5.73 Å². The van der Waals surface area contributed by atoms with Gasteiger partial charge in [0, 0.05) is 17.6 Å². The van der Waals surface area contributed by atoms with Gasteiger partial charge in [0.1, 0.15) is 0 Å². The van der Waals surface area contributed by atoms with Gasteiger partial charge in [0.25, 0.3) is 0 Å². The zero-order chi connectivity index (χ0) is 16.4. The van der Waals surface area contributed by atoms with E-state index in [0.717, 1.165) is 18.4 Å². The van der Waals surface area contributed by atoms with Crippen molar-refractivity contribution in [1.82, 2.24) is 4.90 Å². The lowest BCUT2D eigenvalue weighted by Gasteiger charge is -2.56. The van der Waals surface area contributed by atoms with Crippen molar-refractivity contribution in [3.63, 3.8) is 0 Å². The van der Waals surface area contributed by atoms with Crippen molar-refractivity contribution in [2.75, 3.05) is 6.54 Å². The maximum absolute atomic E-state index is 11.6. The van der Waals surface area contributed by atoms with Crippen LogP contribution in [0.1, 0.15) is 61.5 Å². The number of fused-ring (bicyclic) bond motifs is 4. The highest BCUT2D eigenvalue weighted by Crippen LogP contribution is 2.50. The third kappa shape index (κ3) is 2.24. The highest BCUT2D eigenvalue weighted by Gasteiger charge is 2.50. The van der Waals surface area contributed by atoms with Crippen molar-refractivity contribution in [3.05, 3.63) is 34.9 Å². The summed E-state index contributed by atoms with van der Waals surface area (Å²) in [5.74, 6) is 1.23.